The summed E-state index contributed by atoms with van der Waals surface area (Å²) in [5, 5.41) is 0. The fourth-order valence-corrected chi connectivity index (χ4v) is 3.91. The SMILES string of the molecule is CC1=CC(=O)OC/C1=C/C=C(\C)c1ccc2c(c1)C(C)(C)CCC2(C)C. The van der Waals surface area contributed by atoms with Crippen molar-refractivity contribution >= 4 is 11.5 Å². The van der Waals surface area contributed by atoms with Crippen LogP contribution in [0.5, 0.6) is 0 Å². The maximum absolute atomic E-state index is 11.3. The van der Waals surface area contributed by atoms with E-state index in [1.54, 1.807) is 6.08 Å². The van der Waals surface area contributed by atoms with Crippen molar-refractivity contribution in [2.75, 3.05) is 6.61 Å². The lowest BCUT2D eigenvalue weighted by atomic mass is 9.63. The minimum atomic E-state index is -0.250. The van der Waals surface area contributed by atoms with E-state index in [1.165, 1.54) is 35.1 Å². The Morgan fingerprint density at radius 1 is 1.08 bits per heavy atom. The fraction of sp³-hybridized carbons (Fsp3) is 0.458. The van der Waals surface area contributed by atoms with Gasteiger partial charge in [-0.25, -0.2) is 4.79 Å². The van der Waals surface area contributed by atoms with Gasteiger partial charge in [-0.05, 0) is 70.9 Å². The zero-order chi connectivity index (χ0) is 19.1. The van der Waals surface area contributed by atoms with E-state index in [-0.39, 0.29) is 16.8 Å². The number of esters is 1. The lowest BCUT2D eigenvalue weighted by Gasteiger charge is -2.42. The van der Waals surface area contributed by atoms with E-state index in [0.29, 0.717) is 6.61 Å². The Balaban J connectivity index is 1.95. The molecule has 0 radical (unpaired) electrons. The molecule has 0 bridgehead atoms. The van der Waals surface area contributed by atoms with Crippen LogP contribution in [0.4, 0.5) is 0 Å². The Bertz CT molecular complexity index is 832. The number of benzene rings is 1. The molecule has 0 fully saturated rings. The minimum absolute atomic E-state index is 0.219. The minimum Gasteiger partial charge on any atom is -0.458 e. The zero-order valence-corrected chi connectivity index (χ0v) is 16.9. The van der Waals surface area contributed by atoms with E-state index in [1.807, 2.05) is 6.92 Å². The van der Waals surface area contributed by atoms with Crippen LogP contribution < -0.4 is 0 Å². The van der Waals surface area contributed by atoms with E-state index in [2.05, 4.69) is 65.0 Å². The number of carbonyl (C=O) groups is 1. The summed E-state index contributed by atoms with van der Waals surface area (Å²) < 4.78 is 5.11. The molecule has 2 aliphatic rings. The average Bonchev–Trinajstić information content (AvgIpc) is 2.58. The zero-order valence-electron chi connectivity index (χ0n) is 16.9. The summed E-state index contributed by atoms with van der Waals surface area (Å²) in [6.45, 7) is 13.9. The second-order valence-electron chi connectivity index (χ2n) is 9.00. The van der Waals surface area contributed by atoms with Crippen molar-refractivity contribution in [1.82, 2.24) is 0 Å². The molecule has 138 valence electrons. The molecule has 0 saturated carbocycles. The van der Waals surface area contributed by atoms with Crippen molar-refractivity contribution in [3.63, 3.8) is 0 Å². The molecule has 0 amide bonds. The van der Waals surface area contributed by atoms with Crippen molar-refractivity contribution in [2.24, 2.45) is 0 Å². The first-order valence-electron chi connectivity index (χ1n) is 9.48. The number of cyclic esters (lactones) is 1. The molecule has 1 aromatic carbocycles. The van der Waals surface area contributed by atoms with Gasteiger partial charge in [0.05, 0.1) is 0 Å². The Labute approximate surface area is 157 Å². The molecule has 1 aliphatic heterocycles. The summed E-state index contributed by atoms with van der Waals surface area (Å²) in [5.74, 6) is -0.250. The van der Waals surface area contributed by atoms with E-state index < -0.39 is 0 Å². The Morgan fingerprint density at radius 2 is 1.73 bits per heavy atom. The highest BCUT2D eigenvalue weighted by Crippen LogP contribution is 2.46. The Morgan fingerprint density at radius 3 is 2.38 bits per heavy atom. The van der Waals surface area contributed by atoms with Crippen LogP contribution in [-0.2, 0) is 20.4 Å². The van der Waals surface area contributed by atoms with Gasteiger partial charge in [0, 0.05) is 6.08 Å². The summed E-state index contributed by atoms with van der Waals surface area (Å²) in [4.78, 5) is 11.3. The van der Waals surface area contributed by atoms with E-state index in [4.69, 9.17) is 4.74 Å². The topological polar surface area (TPSA) is 26.3 Å². The van der Waals surface area contributed by atoms with Gasteiger partial charge in [0.2, 0.25) is 0 Å². The van der Waals surface area contributed by atoms with Crippen LogP contribution >= 0.6 is 0 Å². The predicted octanol–water partition coefficient (Wildman–Crippen LogP) is 5.87. The van der Waals surface area contributed by atoms with Gasteiger partial charge in [0.1, 0.15) is 6.61 Å². The maximum Gasteiger partial charge on any atom is 0.331 e. The molecule has 26 heavy (non-hydrogen) atoms. The number of hydrogen-bond acceptors (Lipinski definition) is 2. The van der Waals surface area contributed by atoms with Gasteiger partial charge in [-0.3, -0.25) is 0 Å². The van der Waals surface area contributed by atoms with Crippen LogP contribution in [0.3, 0.4) is 0 Å². The van der Waals surface area contributed by atoms with Gasteiger partial charge in [-0.2, -0.15) is 0 Å². The standard InChI is InChI=1S/C24H30O2/c1-16(7-8-19-15-26-22(25)13-17(19)2)18-9-10-20-21(14-18)24(5,6)12-11-23(20,3)4/h7-10,13-14H,11-12,15H2,1-6H3/b16-7+,19-8-. The second kappa shape index (κ2) is 6.57. The molecule has 0 saturated heterocycles. The third kappa shape index (κ3) is 3.56. The van der Waals surface area contributed by atoms with Crippen LogP contribution in [0.1, 0.15) is 71.1 Å². The first kappa shape index (κ1) is 18.7. The smallest absolute Gasteiger partial charge is 0.331 e. The number of hydrogen-bond donors (Lipinski definition) is 0. The summed E-state index contributed by atoms with van der Waals surface area (Å²) >= 11 is 0. The van der Waals surface area contributed by atoms with E-state index in [9.17, 15) is 4.79 Å². The largest absolute Gasteiger partial charge is 0.458 e. The second-order valence-corrected chi connectivity index (χ2v) is 9.00. The fourth-order valence-electron chi connectivity index (χ4n) is 3.91. The van der Waals surface area contributed by atoms with Crippen molar-refractivity contribution in [3.05, 3.63) is 64.3 Å². The molecule has 3 rings (SSSR count). The van der Waals surface area contributed by atoms with Crippen LogP contribution in [0, 0.1) is 0 Å². The summed E-state index contributed by atoms with van der Waals surface area (Å²) in [6, 6.07) is 6.95. The van der Waals surface area contributed by atoms with Crippen molar-refractivity contribution < 1.29 is 9.53 Å². The van der Waals surface area contributed by atoms with Gasteiger partial charge in [-0.15, -0.1) is 0 Å². The molecule has 2 heteroatoms. The normalized spacial score (nSPS) is 23.3. The predicted molar refractivity (Wildman–Crippen MR) is 108 cm³/mol. The summed E-state index contributed by atoms with van der Waals surface area (Å²) in [5.41, 5.74) is 7.97. The maximum atomic E-state index is 11.3. The van der Waals surface area contributed by atoms with Gasteiger partial charge >= 0.3 is 5.97 Å². The Hall–Kier alpha value is -2.09. The van der Waals surface area contributed by atoms with E-state index in [0.717, 1.165) is 11.1 Å². The molecule has 0 spiro atoms. The highest BCUT2D eigenvalue weighted by molar-refractivity contribution is 5.85. The molecule has 1 heterocycles. The number of allylic oxidation sites excluding steroid dienone is 3. The lowest BCUT2D eigenvalue weighted by Crippen LogP contribution is -2.33. The molecule has 0 atom stereocenters. The average molecular weight is 351 g/mol. The summed E-state index contributed by atoms with van der Waals surface area (Å²) in [7, 11) is 0. The van der Waals surface area contributed by atoms with Gasteiger partial charge in [0.25, 0.3) is 0 Å². The van der Waals surface area contributed by atoms with Gasteiger partial charge in [-0.1, -0.05) is 58.0 Å². The highest BCUT2D eigenvalue weighted by atomic mass is 16.5. The molecular formula is C24H30O2. The third-order valence-corrected chi connectivity index (χ3v) is 6.05. The van der Waals surface area contributed by atoms with Crippen LogP contribution in [0.2, 0.25) is 0 Å². The third-order valence-electron chi connectivity index (χ3n) is 6.05. The molecule has 0 N–H and O–H groups in total. The molecular weight excluding hydrogens is 320 g/mol. The number of carbonyl (C=O) groups excluding carboxylic acids is 1. The van der Waals surface area contributed by atoms with Crippen LogP contribution in [0.25, 0.3) is 5.57 Å². The monoisotopic (exact) mass is 350 g/mol. The first-order valence-corrected chi connectivity index (χ1v) is 9.48. The van der Waals surface area contributed by atoms with Crippen molar-refractivity contribution in [2.45, 2.75) is 65.2 Å². The molecule has 0 unspecified atom stereocenters. The van der Waals surface area contributed by atoms with Crippen LogP contribution in [-0.4, -0.2) is 12.6 Å². The summed E-state index contributed by atoms with van der Waals surface area (Å²) in [6.07, 6.45) is 8.22. The first-order chi connectivity index (χ1) is 12.1. The van der Waals surface area contributed by atoms with E-state index >= 15 is 0 Å². The molecule has 0 aromatic heterocycles. The highest BCUT2D eigenvalue weighted by Gasteiger charge is 2.36. The lowest BCUT2D eigenvalue weighted by molar-refractivity contribution is -0.137. The van der Waals surface area contributed by atoms with Crippen molar-refractivity contribution in [3.8, 4) is 0 Å². The van der Waals surface area contributed by atoms with Crippen LogP contribution in [0.15, 0.2) is 47.6 Å². The number of ether oxygens (including phenoxy) is 1. The molecule has 1 aliphatic carbocycles. The number of rotatable bonds is 2. The van der Waals surface area contributed by atoms with Gasteiger partial charge < -0.3 is 4.74 Å². The van der Waals surface area contributed by atoms with Gasteiger partial charge in [0.15, 0.2) is 0 Å². The Kier molecular flexibility index (Phi) is 4.72. The molecule has 2 nitrogen and oxygen atoms in total. The quantitative estimate of drug-likeness (QED) is 0.624. The van der Waals surface area contributed by atoms with Crippen molar-refractivity contribution in [1.29, 1.82) is 0 Å². The number of fused-ring (bicyclic) bond motifs is 1. The molecule has 1 aromatic rings.